The van der Waals surface area contributed by atoms with E-state index in [9.17, 15) is 9.90 Å². The molecular formula is C24H17N3O3. The first kappa shape index (κ1) is 17.9. The van der Waals surface area contributed by atoms with E-state index in [2.05, 4.69) is 15.3 Å². The SMILES string of the molecule is O=C(NCc1ccc(-c2nc3c(O)c4ccccc4cc3o2)cc1)c1cccnc1. The van der Waals surface area contributed by atoms with Gasteiger partial charge in [-0.3, -0.25) is 9.78 Å². The molecule has 2 heterocycles. The number of carbonyl (C=O) groups excluding carboxylic acids is 1. The first-order chi connectivity index (χ1) is 14.7. The van der Waals surface area contributed by atoms with Crippen LogP contribution in [0.1, 0.15) is 15.9 Å². The van der Waals surface area contributed by atoms with Crippen molar-refractivity contribution in [1.29, 1.82) is 0 Å². The maximum atomic E-state index is 12.1. The van der Waals surface area contributed by atoms with Crippen molar-refractivity contribution in [3.63, 3.8) is 0 Å². The van der Waals surface area contributed by atoms with Gasteiger partial charge in [0.1, 0.15) is 0 Å². The zero-order valence-electron chi connectivity index (χ0n) is 15.9. The summed E-state index contributed by atoms with van der Waals surface area (Å²) in [7, 11) is 0. The highest BCUT2D eigenvalue weighted by Crippen LogP contribution is 2.35. The van der Waals surface area contributed by atoms with Gasteiger partial charge in [0.05, 0.1) is 5.56 Å². The van der Waals surface area contributed by atoms with Gasteiger partial charge in [0.25, 0.3) is 5.91 Å². The molecular weight excluding hydrogens is 378 g/mol. The van der Waals surface area contributed by atoms with Crippen molar-refractivity contribution < 1.29 is 14.3 Å². The van der Waals surface area contributed by atoms with Crippen LogP contribution in [-0.4, -0.2) is 21.0 Å². The summed E-state index contributed by atoms with van der Waals surface area (Å²) >= 11 is 0. The number of aromatic hydroxyl groups is 1. The number of phenolic OH excluding ortho intramolecular Hbond substituents is 1. The fraction of sp³-hybridized carbons (Fsp3) is 0.0417. The van der Waals surface area contributed by atoms with E-state index in [-0.39, 0.29) is 11.7 Å². The highest BCUT2D eigenvalue weighted by atomic mass is 16.3. The summed E-state index contributed by atoms with van der Waals surface area (Å²) in [5.41, 5.74) is 3.23. The Bertz CT molecular complexity index is 1360. The third kappa shape index (κ3) is 3.24. The van der Waals surface area contributed by atoms with Crippen LogP contribution in [-0.2, 0) is 6.54 Å². The molecule has 0 saturated carbocycles. The Morgan fingerprint density at radius 1 is 1.03 bits per heavy atom. The summed E-state index contributed by atoms with van der Waals surface area (Å²) in [4.78, 5) is 20.6. The molecule has 0 spiro atoms. The van der Waals surface area contributed by atoms with Crippen molar-refractivity contribution in [2.24, 2.45) is 0 Å². The average Bonchev–Trinajstić information content (AvgIpc) is 3.23. The maximum Gasteiger partial charge on any atom is 0.253 e. The molecule has 0 unspecified atom stereocenters. The quantitative estimate of drug-likeness (QED) is 0.461. The molecule has 2 aromatic heterocycles. The standard InChI is InChI=1S/C24H17N3O3/c28-22-19-6-2-1-4-17(19)12-20-21(22)27-24(30-20)16-9-7-15(8-10-16)13-26-23(29)18-5-3-11-25-14-18/h1-12,14,28H,13H2,(H,26,29). The van der Waals surface area contributed by atoms with Crippen LogP contribution in [0.2, 0.25) is 0 Å². The second-order valence-corrected chi connectivity index (χ2v) is 6.93. The Labute approximate surface area is 171 Å². The van der Waals surface area contributed by atoms with Gasteiger partial charge in [-0.2, -0.15) is 0 Å². The molecule has 0 aliphatic rings. The van der Waals surface area contributed by atoms with Gasteiger partial charge < -0.3 is 14.8 Å². The van der Waals surface area contributed by atoms with Gasteiger partial charge in [-0.05, 0) is 41.3 Å². The van der Waals surface area contributed by atoms with Crippen LogP contribution in [0.5, 0.6) is 5.75 Å². The molecule has 3 aromatic carbocycles. The molecule has 30 heavy (non-hydrogen) atoms. The molecule has 146 valence electrons. The number of nitrogens with one attached hydrogen (secondary N) is 1. The van der Waals surface area contributed by atoms with Gasteiger partial charge in [0, 0.05) is 29.9 Å². The van der Waals surface area contributed by atoms with E-state index < -0.39 is 0 Å². The van der Waals surface area contributed by atoms with Gasteiger partial charge in [-0.15, -0.1) is 0 Å². The summed E-state index contributed by atoms with van der Waals surface area (Å²) in [6.07, 6.45) is 3.16. The monoisotopic (exact) mass is 395 g/mol. The van der Waals surface area contributed by atoms with Gasteiger partial charge >= 0.3 is 0 Å². The third-order valence-corrected chi connectivity index (χ3v) is 4.96. The number of pyridine rings is 1. The van der Waals surface area contributed by atoms with E-state index in [1.807, 2.05) is 54.6 Å². The number of fused-ring (bicyclic) bond motifs is 2. The summed E-state index contributed by atoms with van der Waals surface area (Å²) in [5.74, 6) is 0.378. The Balaban J connectivity index is 1.37. The maximum absolute atomic E-state index is 12.1. The van der Waals surface area contributed by atoms with Gasteiger partial charge in [0.2, 0.25) is 5.89 Å². The van der Waals surface area contributed by atoms with Crippen LogP contribution < -0.4 is 5.32 Å². The molecule has 0 radical (unpaired) electrons. The van der Waals surface area contributed by atoms with Crippen LogP contribution in [0.4, 0.5) is 0 Å². The number of rotatable bonds is 4. The van der Waals surface area contributed by atoms with Crippen LogP contribution in [0.3, 0.4) is 0 Å². The van der Waals surface area contributed by atoms with Gasteiger partial charge in [-0.1, -0.05) is 36.4 Å². The lowest BCUT2D eigenvalue weighted by Crippen LogP contribution is -2.22. The second kappa shape index (κ2) is 7.33. The molecule has 1 amide bonds. The lowest BCUT2D eigenvalue weighted by Gasteiger charge is -2.05. The highest BCUT2D eigenvalue weighted by Gasteiger charge is 2.14. The topological polar surface area (TPSA) is 88.2 Å². The third-order valence-electron chi connectivity index (χ3n) is 4.96. The van der Waals surface area contributed by atoms with Crippen LogP contribution >= 0.6 is 0 Å². The number of phenols is 1. The van der Waals surface area contributed by atoms with E-state index in [0.717, 1.165) is 21.9 Å². The van der Waals surface area contributed by atoms with Crippen LogP contribution in [0.25, 0.3) is 33.3 Å². The van der Waals surface area contributed by atoms with Gasteiger partial charge in [-0.25, -0.2) is 4.98 Å². The number of benzene rings is 3. The second-order valence-electron chi connectivity index (χ2n) is 6.93. The molecule has 0 fully saturated rings. The van der Waals surface area contributed by atoms with Crippen molar-refractivity contribution in [3.8, 4) is 17.2 Å². The smallest absolute Gasteiger partial charge is 0.253 e. The lowest BCUT2D eigenvalue weighted by molar-refractivity contribution is 0.0950. The van der Waals surface area contributed by atoms with Crippen LogP contribution in [0, 0.1) is 0 Å². The first-order valence-corrected chi connectivity index (χ1v) is 9.48. The fourth-order valence-corrected chi connectivity index (χ4v) is 3.38. The van der Waals surface area contributed by atoms with E-state index in [4.69, 9.17) is 4.42 Å². The first-order valence-electron chi connectivity index (χ1n) is 9.48. The molecule has 0 aliphatic carbocycles. The van der Waals surface area contributed by atoms with Crippen molar-refractivity contribution in [2.45, 2.75) is 6.54 Å². The van der Waals surface area contributed by atoms with E-state index in [1.54, 1.807) is 18.3 Å². The van der Waals surface area contributed by atoms with Crippen molar-refractivity contribution >= 4 is 27.8 Å². The fourth-order valence-electron chi connectivity index (χ4n) is 3.38. The summed E-state index contributed by atoms with van der Waals surface area (Å²) < 4.78 is 5.89. The number of hydrogen-bond acceptors (Lipinski definition) is 5. The summed E-state index contributed by atoms with van der Waals surface area (Å²) in [6, 6.07) is 20.5. The molecule has 0 bridgehead atoms. The predicted octanol–water partition coefficient (Wildman–Crippen LogP) is 4.68. The number of oxazole rings is 1. The van der Waals surface area contributed by atoms with Crippen LogP contribution in [0.15, 0.2) is 83.5 Å². The number of amides is 1. The Kier molecular flexibility index (Phi) is 4.37. The zero-order chi connectivity index (χ0) is 20.5. The molecule has 6 heteroatoms. The van der Waals surface area contributed by atoms with Crippen molar-refractivity contribution in [3.05, 3.63) is 90.3 Å². The molecule has 5 aromatic rings. The van der Waals surface area contributed by atoms with E-state index in [1.165, 1.54) is 6.20 Å². The van der Waals surface area contributed by atoms with Gasteiger partial charge in [0.15, 0.2) is 16.8 Å². The Morgan fingerprint density at radius 2 is 1.87 bits per heavy atom. The average molecular weight is 395 g/mol. The lowest BCUT2D eigenvalue weighted by atomic mass is 10.1. The number of carbonyl (C=O) groups is 1. The molecule has 5 rings (SSSR count). The highest BCUT2D eigenvalue weighted by molar-refractivity contribution is 6.02. The zero-order valence-corrected chi connectivity index (χ0v) is 15.9. The minimum absolute atomic E-state index is 0.118. The Hall–Kier alpha value is -4.19. The largest absolute Gasteiger partial charge is 0.505 e. The van der Waals surface area contributed by atoms with Crippen molar-refractivity contribution in [1.82, 2.24) is 15.3 Å². The molecule has 6 nitrogen and oxygen atoms in total. The number of nitrogens with zero attached hydrogens (tertiary/aromatic N) is 2. The van der Waals surface area contributed by atoms with Crippen molar-refractivity contribution in [2.75, 3.05) is 0 Å². The van der Waals surface area contributed by atoms with E-state index in [0.29, 0.717) is 29.1 Å². The minimum Gasteiger partial charge on any atom is -0.505 e. The molecule has 2 N–H and O–H groups in total. The number of hydrogen-bond donors (Lipinski definition) is 2. The molecule has 0 saturated heterocycles. The Morgan fingerprint density at radius 3 is 2.67 bits per heavy atom. The normalized spacial score (nSPS) is 11.1. The van der Waals surface area contributed by atoms with E-state index >= 15 is 0 Å². The summed E-state index contributed by atoms with van der Waals surface area (Å²) in [5, 5.41) is 15.1. The minimum atomic E-state index is -0.173. The summed E-state index contributed by atoms with van der Waals surface area (Å²) in [6.45, 7) is 0.397. The predicted molar refractivity (Wildman–Crippen MR) is 114 cm³/mol. The number of aromatic nitrogens is 2. The molecule has 0 aliphatic heterocycles. The molecule has 0 atom stereocenters.